The summed E-state index contributed by atoms with van der Waals surface area (Å²) in [7, 11) is 0. The van der Waals surface area contributed by atoms with E-state index in [4.69, 9.17) is 4.98 Å². The number of aryl methyl sites for hydroxylation is 2. The standard InChI is InChI=1S/C29H36N4O3S/c1-5-25(15-19(2)6-11-28(34)22-7-9-26(10-8-22)37(35)36)33-17-23-16-30-29(32-27(23)18-33)31-24-13-20(3)12-21(4)14-24/h7-10,12-14,16,19,25H,5-6,11,15,17-18H2,1-4H3,(H,35,36)(H,30,31,32)/p-1. The summed E-state index contributed by atoms with van der Waals surface area (Å²) in [5.41, 5.74) is 6.21. The highest BCUT2D eigenvalue weighted by Gasteiger charge is 2.28. The van der Waals surface area contributed by atoms with Crippen LogP contribution in [-0.2, 0) is 24.2 Å². The van der Waals surface area contributed by atoms with E-state index >= 15 is 0 Å². The van der Waals surface area contributed by atoms with Crippen LogP contribution in [0.15, 0.2) is 53.6 Å². The van der Waals surface area contributed by atoms with Crippen LogP contribution in [0.5, 0.6) is 0 Å². The van der Waals surface area contributed by atoms with Gasteiger partial charge in [0, 0.05) is 53.5 Å². The van der Waals surface area contributed by atoms with E-state index in [0.717, 1.165) is 43.7 Å². The second-order valence-electron chi connectivity index (χ2n) is 10.2. The molecule has 1 aliphatic rings. The van der Waals surface area contributed by atoms with Gasteiger partial charge in [-0.2, -0.15) is 0 Å². The Morgan fingerprint density at radius 1 is 1.14 bits per heavy atom. The molecule has 0 aliphatic carbocycles. The zero-order valence-corrected chi connectivity index (χ0v) is 22.8. The van der Waals surface area contributed by atoms with Crippen LogP contribution >= 0.6 is 0 Å². The number of rotatable bonds is 11. The zero-order valence-electron chi connectivity index (χ0n) is 22.0. The Bertz CT molecular complexity index is 1260. The third-order valence-corrected chi connectivity index (χ3v) is 7.71. The van der Waals surface area contributed by atoms with Gasteiger partial charge >= 0.3 is 0 Å². The maximum atomic E-state index is 12.6. The lowest BCUT2D eigenvalue weighted by atomic mass is 9.93. The highest BCUT2D eigenvalue weighted by molar-refractivity contribution is 7.79. The highest BCUT2D eigenvalue weighted by Crippen LogP contribution is 2.29. The molecule has 1 aromatic heterocycles. The predicted molar refractivity (Wildman–Crippen MR) is 146 cm³/mol. The first kappa shape index (κ1) is 27.1. The fourth-order valence-corrected chi connectivity index (χ4v) is 5.46. The van der Waals surface area contributed by atoms with Crippen molar-refractivity contribution < 1.29 is 13.6 Å². The molecule has 0 spiro atoms. The fraction of sp³-hybridized carbons (Fsp3) is 0.414. The third-order valence-electron chi connectivity index (χ3n) is 7.05. The van der Waals surface area contributed by atoms with Crippen LogP contribution in [0.2, 0.25) is 0 Å². The third kappa shape index (κ3) is 7.09. The van der Waals surface area contributed by atoms with E-state index in [1.807, 2.05) is 6.20 Å². The summed E-state index contributed by atoms with van der Waals surface area (Å²) in [6, 6.07) is 12.9. The number of nitrogens with one attached hydrogen (secondary N) is 1. The predicted octanol–water partition coefficient (Wildman–Crippen LogP) is 5.86. The van der Waals surface area contributed by atoms with Crippen molar-refractivity contribution in [2.75, 3.05) is 5.32 Å². The first-order valence-electron chi connectivity index (χ1n) is 12.9. The molecule has 1 N–H and O–H groups in total. The molecular weight excluding hydrogens is 484 g/mol. The van der Waals surface area contributed by atoms with Crippen molar-refractivity contribution in [3.63, 3.8) is 0 Å². The Hall–Kier alpha value is -2.94. The Labute approximate surface area is 222 Å². The maximum absolute atomic E-state index is 12.6. The van der Waals surface area contributed by atoms with Crippen molar-refractivity contribution >= 4 is 28.5 Å². The summed E-state index contributed by atoms with van der Waals surface area (Å²) in [4.78, 5) is 24.6. The van der Waals surface area contributed by atoms with E-state index < -0.39 is 11.1 Å². The average Bonchev–Trinajstić information content (AvgIpc) is 3.28. The topological polar surface area (TPSA) is 98.3 Å². The number of fused-ring (bicyclic) bond motifs is 1. The van der Waals surface area contributed by atoms with Crippen molar-refractivity contribution in [1.29, 1.82) is 0 Å². The molecule has 0 fully saturated rings. The fourth-order valence-electron chi connectivity index (χ4n) is 5.10. The van der Waals surface area contributed by atoms with E-state index in [0.29, 0.717) is 29.9 Å². The molecule has 0 bridgehead atoms. The number of hydrogen-bond donors (Lipinski definition) is 1. The molecule has 4 rings (SSSR count). The number of nitrogens with zero attached hydrogens (tertiary/aromatic N) is 3. The Morgan fingerprint density at radius 3 is 2.49 bits per heavy atom. The quantitative estimate of drug-likeness (QED) is 0.250. The van der Waals surface area contributed by atoms with Crippen LogP contribution in [-0.4, -0.2) is 35.5 Å². The van der Waals surface area contributed by atoms with Gasteiger partial charge < -0.3 is 9.87 Å². The molecule has 2 heterocycles. The lowest BCUT2D eigenvalue weighted by molar-refractivity contribution is 0.0968. The van der Waals surface area contributed by atoms with Crippen molar-refractivity contribution in [2.45, 2.75) is 77.4 Å². The van der Waals surface area contributed by atoms with Gasteiger partial charge in [-0.05, 0) is 85.5 Å². The van der Waals surface area contributed by atoms with Crippen LogP contribution in [0.1, 0.15) is 72.3 Å². The summed E-state index contributed by atoms with van der Waals surface area (Å²) >= 11 is -2.28. The van der Waals surface area contributed by atoms with E-state index in [2.05, 4.69) is 61.1 Å². The Morgan fingerprint density at radius 2 is 1.84 bits per heavy atom. The SMILES string of the molecule is CCC(CC(C)CCC(=O)c1ccc(S(=O)[O-])cc1)N1Cc2cnc(Nc3cc(C)cc(C)c3)nc2C1. The maximum Gasteiger partial charge on any atom is 0.227 e. The first-order chi connectivity index (χ1) is 17.7. The minimum Gasteiger partial charge on any atom is -0.768 e. The number of Topliss-reactive ketones (excluding diaryl/α,β-unsaturated/α-hetero) is 1. The molecule has 3 atom stereocenters. The average molecular weight is 520 g/mol. The van der Waals surface area contributed by atoms with Crippen LogP contribution in [0.4, 0.5) is 11.6 Å². The van der Waals surface area contributed by atoms with E-state index in [1.165, 1.54) is 28.8 Å². The molecule has 37 heavy (non-hydrogen) atoms. The molecule has 1 aliphatic heterocycles. The zero-order chi connectivity index (χ0) is 26.5. The molecular formula is C29H35N4O3S-. The van der Waals surface area contributed by atoms with E-state index in [1.54, 1.807) is 12.1 Å². The van der Waals surface area contributed by atoms with Gasteiger partial charge in [0.15, 0.2) is 5.78 Å². The monoisotopic (exact) mass is 519 g/mol. The Kier molecular flexibility index (Phi) is 8.84. The largest absolute Gasteiger partial charge is 0.768 e. The number of anilines is 2. The normalized spacial score (nSPS) is 15.7. The molecule has 3 unspecified atom stereocenters. The summed E-state index contributed by atoms with van der Waals surface area (Å²) in [5, 5.41) is 3.35. The van der Waals surface area contributed by atoms with Gasteiger partial charge in [-0.1, -0.05) is 32.0 Å². The molecule has 0 saturated carbocycles. The van der Waals surface area contributed by atoms with E-state index in [9.17, 15) is 13.6 Å². The van der Waals surface area contributed by atoms with Crippen molar-refractivity contribution in [2.24, 2.45) is 5.92 Å². The Balaban J connectivity index is 1.31. The molecule has 196 valence electrons. The molecule has 8 heteroatoms. The van der Waals surface area contributed by atoms with Crippen LogP contribution < -0.4 is 5.32 Å². The van der Waals surface area contributed by atoms with Crippen molar-refractivity contribution in [3.8, 4) is 0 Å². The van der Waals surface area contributed by atoms with Crippen LogP contribution in [0, 0.1) is 19.8 Å². The number of carbonyl (C=O) groups excluding carboxylic acids is 1. The number of carbonyl (C=O) groups is 1. The lowest BCUT2D eigenvalue weighted by Gasteiger charge is -2.28. The number of benzene rings is 2. The van der Waals surface area contributed by atoms with Crippen LogP contribution in [0.3, 0.4) is 0 Å². The molecule has 7 nitrogen and oxygen atoms in total. The summed E-state index contributed by atoms with van der Waals surface area (Å²) < 4.78 is 22.0. The summed E-state index contributed by atoms with van der Waals surface area (Å²) in [6.07, 6.45) is 5.23. The highest BCUT2D eigenvalue weighted by atomic mass is 32.2. The summed E-state index contributed by atoms with van der Waals surface area (Å²) in [5.74, 6) is 1.06. The van der Waals surface area contributed by atoms with Crippen molar-refractivity contribution in [3.05, 3.63) is 76.6 Å². The molecule has 0 saturated heterocycles. The van der Waals surface area contributed by atoms with Gasteiger partial charge in [0.05, 0.1) is 5.69 Å². The van der Waals surface area contributed by atoms with Gasteiger partial charge in [0.25, 0.3) is 0 Å². The van der Waals surface area contributed by atoms with Gasteiger partial charge in [-0.3, -0.25) is 13.9 Å². The van der Waals surface area contributed by atoms with E-state index in [-0.39, 0.29) is 10.7 Å². The summed E-state index contributed by atoms with van der Waals surface area (Å²) in [6.45, 7) is 10.2. The molecule has 0 amide bonds. The first-order valence-corrected chi connectivity index (χ1v) is 14.0. The lowest BCUT2D eigenvalue weighted by Crippen LogP contribution is -2.31. The van der Waals surface area contributed by atoms with Crippen LogP contribution in [0.25, 0.3) is 0 Å². The van der Waals surface area contributed by atoms with Gasteiger partial charge in [-0.15, -0.1) is 0 Å². The minimum atomic E-state index is -2.28. The molecule has 0 radical (unpaired) electrons. The molecule has 3 aromatic rings. The second kappa shape index (κ2) is 12.1. The second-order valence-corrected chi connectivity index (χ2v) is 11.1. The van der Waals surface area contributed by atoms with Gasteiger partial charge in [-0.25, -0.2) is 9.97 Å². The van der Waals surface area contributed by atoms with Gasteiger partial charge in [0.2, 0.25) is 5.95 Å². The number of aromatic nitrogens is 2. The minimum absolute atomic E-state index is 0.0517. The number of ketones is 1. The smallest absolute Gasteiger partial charge is 0.227 e. The number of hydrogen-bond acceptors (Lipinski definition) is 7. The van der Waals surface area contributed by atoms with Gasteiger partial charge in [0.1, 0.15) is 0 Å². The molecule has 2 aromatic carbocycles. The van der Waals surface area contributed by atoms with Crippen molar-refractivity contribution in [1.82, 2.24) is 14.9 Å².